The minimum absolute atomic E-state index is 0.105. The van der Waals surface area contributed by atoms with Crippen LogP contribution in [0.25, 0.3) is 0 Å². The number of benzene rings is 3. The summed E-state index contributed by atoms with van der Waals surface area (Å²) in [6, 6.07) is 6.67. The number of aromatic hydroxyl groups is 1. The van der Waals surface area contributed by atoms with Crippen LogP contribution in [0.2, 0.25) is 0 Å². The van der Waals surface area contributed by atoms with E-state index >= 15 is 0 Å². The summed E-state index contributed by atoms with van der Waals surface area (Å²) in [5.74, 6) is -2.06. The maximum absolute atomic E-state index is 12.6. The number of phenols is 1. The molecule has 0 bridgehead atoms. The number of nitrogens with zero attached hydrogens (tertiary/aromatic N) is 4. The fourth-order valence-corrected chi connectivity index (χ4v) is 7.89. The van der Waals surface area contributed by atoms with E-state index in [-0.39, 0.29) is 36.0 Å². The van der Waals surface area contributed by atoms with E-state index < -0.39 is 107 Å². The summed E-state index contributed by atoms with van der Waals surface area (Å²) in [6.45, 7) is -1.01. The average Bonchev–Trinajstić information content (AvgIpc) is 3.06. The first-order chi connectivity index (χ1) is 24.3. The number of azo groups is 2. The van der Waals surface area contributed by atoms with Gasteiger partial charge in [-0.3, -0.25) is 17.5 Å². The van der Waals surface area contributed by atoms with Gasteiger partial charge >= 0.3 is 0 Å². The largest absolute Gasteiger partial charge is 0.506 e. The molecule has 24 nitrogen and oxygen atoms in total. The number of nitrogen functional groups attached to an aromatic ring is 1. The lowest BCUT2D eigenvalue weighted by Crippen LogP contribution is -2.12. The molecule has 0 spiro atoms. The minimum atomic E-state index is -5.12. The van der Waals surface area contributed by atoms with Crippen LogP contribution in [0.3, 0.4) is 0 Å². The van der Waals surface area contributed by atoms with Gasteiger partial charge in [0.15, 0.2) is 44.3 Å². The Balaban J connectivity index is 1.93. The molecule has 52 heavy (non-hydrogen) atoms. The van der Waals surface area contributed by atoms with Gasteiger partial charge in [0.2, 0.25) is 0 Å². The molecule has 0 saturated heterocycles. The third-order valence-electron chi connectivity index (χ3n) is 5.87. The Kier molecular flexibility index (Phi) is 15.3. The van der Waals surface area contributed by atoms with Crippen LogP contribution in [-0.4, -0.2) is 83.1 Å². The predicted octanol–water partition coefficient (Wildman–Crippen LogP) is 3.85. The van der Waals surface area contributed by atoms with Gasteiger partial charge in [-0.25, -0.2) is 27.4 Å². The lowest BCUT2D eigenvalue weighted by molar-refractivity contribution is -0.434. The molecule has 3 aromatic carbocycles. The van der Waals surface area contributed by atoms with Gasteiger partial charge in [-0.1, -0.05) is 10.1 Å². The second-order valence-corrected chi connectivity index (χ2v) is 17.2. The number of hydrogen-bond acceptors (Lipinski definition) is 24. The fourth-order valence-electron chi connectivity index (χ4n) is 3.57. The standard InChI is InChI=1S/C22H23N5O19S6/c23-15-11-20(28)19(27-25-17-4-2-14(10-22(17)52(38,39)40)50(33,34)8-6-42-48-46-44-30)12-18(15)26-24-16-3-1-13(9-21(16)51(35,36)37)49(31,32)7-5-41-47-45-43-29/h1-4,9-12,28-30H,5-8,23H2,(H,35,36,37)(H,38,39,40)/b26-24+,27-25+. The first-order valence-corrected chi connectivity index (χ1v) is 20.5. The van der Waals surface area contributed by atoms with Crippen molar-refractivity contribution >= 4 is 93.0 Å². The van der Waals surface area contributed by atoms with E-state index in [2.05, 4.69) is 47.6 Å². The molecule has 0 radical (unpaired) electrons. The van der Waals surface area contributed by atoms with E-state index in [0.717, 1.165) is 36.4 Å². The molecule has 0 fully saturated rings. The van der Waals surface area contributed by atoms with Crippen molar-refractivity contribution in [2.45, 2.75) is 19.6 Å². The van der Waals surface area contributed by atoms with Gasteiger partial charge in [0.05, 0.1) is 40.2 Å². The Morgan fingerprint density at radius 3 is 1.40 bits per heavy atom. The van der Waals surface area contributed by atoms with E-state index in [1.54, 1.807) is 0 Å². The monoisotopic (exact) mass is 853 g/mol. The zero-order valence-corrected chi connectivity index (χ0v) is 30.1. The van der Waals surface area contributed by atoms with Gasteiger partial charge in [0.1, 0.15) is 38.3 Å². The van der Waals surface area contributed by atoms with Crippen LogP contribution in [0, 0.1) is 0 Å². The molecule has 30 heteroatoms. The normalized spacial score (nSPS) is 13.0. The van der Waals surface area contributed by atoms with Crippen LogP contribution in [0.15, 0.2) is 88.6 Å². The minimum Gasteiger partial charge on any atom is -0.506 e. The highest BCUT2D eigenvalue weighted by Crippen LogP contribution is 2.39. The number of nitrogens with two attached hydrogens (primary N) is 1. The molecule has 0 aliphatic rings. The van der Waals surface area contributed by atoms with E-state index in [4.69, 9.17) is 16.2 Å². The Morgan fingerprint density at radius 1 is 0.596 bits per heavy atom. The zero-order valence-electron chi connectivity index (χ0n) is 25.2. The van der Waals surface area contributed by atoms with Crippen LogP contribution in [0.5, 0.6) is 5.75 Å². The molecule has 0 heterocycles. The SMILES string of the molecule is Nc1cc(O)c(/N=N/c2ccc(S(=O)(=O)CCOSOOO)cc2S(=O)(=O)O)cc1/N=N/c1ccc(S(=O)(=O)CCOSOOO)cc1S(=O)(=O)O. The lowest BCUT2D eigenvalue weighted by Gasteiger charge is -2.08. The number of anilines is 1. The van der Waals surface area contributed by atoms with Gasteiger partial charge in [0, 0.05) is 6.07 Å². The molecule has 0 amide bonds. The van der Waals surface area contributed by atoms with Crippen LogP contribution < -0.4 is 5.73 Å². The maximum atomic E-state index is 12.6. The van der Waals surface area contributed by atoms with Gasteiger partial charge in [-0.05, 0) is 42.5 Å². The highest BCUT2D eigenvalue weighted by Gasteiger charge is 2.24. The number of sulfone groups is 2. The topological polar surface area (TPSA) is 369 Å². The third kappa shape index (κ3) is 12.3. The van der Waals surface area contributed by atoms with Gasteiger partial charge in [-0.2, -0.15) is 16.8 Å². The second kappa shape index (κ2) is 18.5. The van der Waals surface area contributed by atoms with Crippen LogP contribution >= 0.6 is 24.6 Å². The molecule has 0 aromatic heterocycles. The summed E-state index contributed by atoms with van der Waals surface area (Å²) >= 11 is 0.212. The van der Waals surface area contributed by atoms with Gasteiger partial charge in [-0.15, -0.1) is 29.1 Å². The summed E-state index contributed by atoms with van der Waals surface area (Å²) in [5, 5.41) is 47.8. The van der Waals surface area contributed by atoms with E-state index in [1.807, 2.05) is 0 Å². The summed E-state index contributed by atoms with van der Waals surface area (Å²) in [6.07, 6.45) is 0. The molecular weight excluding hydrogens is 831 g/mol. The lowest BCUT2D eigenvalue weighted by atomic mass is 10.2. The highest BCUT2D eigenvalue weighted by atomic mass is 32.2. The Morgan fingerprint density at radius 2 is 1.00 bits per heavy atom. The van der Waals surface area contributed by atoms with Crippen molar-refractivity contribution in [1.82, 2.24) is 0 Å². The van der Waals surface area contributed by atoms with Crippen molar-refractivity contribution in [3.8, 4) is 5.75 Å². The number of phenolic OH excluding ortho intramolecular Hbond substituents is 1. The Hall–Kier alpha value is -3.44. The van der Waals surface area contributed by atoms with Crippen LogP contribution in [0.1, 0.15) is 0 Å². The molecule has 3 aromatic rings. The molecule has 286 valence electrons. The van der Waals surface area contributed by atoms with Crippen LogP contribution in [0.4, 0.5) is 28.4 Å². The molecule has 0 aliphatic heterocycles. The third-order valence-corrected chi connectivity index (χ3v) is 11.8. The van der Waals surface area contributed by atoms with E-state index in [9.17, 15) is 47.9 Å². The second-order valence-electron chi connectivity index (χ2n) is 9.21. The van der Waals surface area contributed by atoms with Crippen molar-refractivity contribution in [2.75, 3.05) is 30.5 Å². The smallest absolute Gasteiger partial charge is 0.296 e. The average molecular weight is 854 g/mol. The van der Waals surface area contributed by atoms with Crippen molar-refractivity contribution < 1.29 is 85.5 Å². The molecule has 0 atom stereocenters. The van der Waals surface area contributed by atoms with Crippen molar-refractivity contribution in [3.63, 3.8) is 0 Å². The molecule has 0 saturated carbocycles. The molecule has 0 aliphatic carbocycles. The Bertz CT molecular complexity index is 2100. The molecule has 3 rings (SSSR count). The quantitative estimate of drug-likeness (QED) is 0.0179. The summed E-state index contributed by atoms with van der Waals surface area (Å²) < 4.78 is 136. The van der Waals surface area contributed by atoms with Crippen molar-refractivity contribution in [1.29, 1.82) is 0 Å². The molecule has 0 unspecified atom stereocenters. The first-order valence-electron chi connectivity index (χ1n) is 13.0. The maximum Gasteiger partial charge on any atom is 0.296 e. The van der Waals surface area contributed by atoms with Crippen molar-refractivity contribution in [3.05, 3.63) is 48.5 Å². The Labute approximate surface area is 302 Å². The summed E-state index contributed by atoms with van der Waals surface area (Å²) in [4.78, 5) is -3.13. The number of rotatable bonds is 20. The first kappa shape index (κ1) is 43.0. The zero-order chi connectivity index (χ0) is 38.7. The van der Waals surface area contributed by atoms with Crippen LogP contribution in [-0.2, 0) is 67.0 Å². The van der Waals surface area contributed by atoms with E-state index in [0.29, 0.717) is 12.1 Å². The molecular formula is C22H23N5O19S6. The van der Waals surface area contributed by atoms with Gasteiger partial charge < -0.3 is 10.8 Å². The fraction of sp³-hybridized carbons (Fsp3) is 0.182. The van der Waals surface area contributed by atoms with E-state index in [1.165, 1.54) is 0 Å². The van der Waals surface area contributed by atoms with Crippen molar-refractivity contribution in [2.24, 2.45) is 20.5 Å². The predicted molar refractivity (Wildman–Crippen MR) is 174 cm³/mol. The van der Waals surface area contributed by atoms with Gasteiger partial charge in [0.25, 0.3) is 20.2 Å². The summed E-state index contributed by atoms with van der Waals surface area (Å²) in [7, 11) is -18.7. The summed E-state index contributed by atoms with van der Waals surface area (Å²) in [5.41, 5.74) is 3.68. The molecule has 7 N–H and O–H groups in total. The highest BCUT2D eigenvalue weighted by molar-refractivity contribution is 7.92. The number of hydrogen-bond donors (Lipinski definition) is 6.